The van der Waals surface area contributed by atoms with Gasteiger partial charge in [0.1, 0.15) is 0 Å². The minimum atomic E-state index is -4.58. The van der Waals surface area contributed by atoms with Crippen LogP contribution in [0.1, 0.15) is 30.7 Å². The Morgan fingerprint density at radius 2 is 2.00 bits per heavy atom. The van der Waals surface area contributed by atoms with E-state index in [0.717, 1.165) is 6.07 Å². The number of amides is 2. The van der Waals surface area contributed by atoms with Crippen molar-refractivity contribution in [2.24, 2.45) is 0 Å². The normalized spacial score (nSPS) is 25.5. The van der Waals surface area contributed by atoms with Gasteiger partial charge in [0.05, 0.1) is 42.3 Å². The third-order valence-corrected chi connectivity index (χ3v) is 5.34. The lowest BCUT2D eigenvalue weighted by Gasteiger charge is -2.67. The minimum Gasteiger partial charge on any atom is -0.467 e. The van der Waals surface area contributed by atoms with Crippen molar-refractivity contribution in [1.29, 1.82) is 0 Å². The lowest BCUT2D eigenvalue weighted by atomic mass is 9.49. The molecule has 3 aliphatic rings. The van der Waals surface area contributed by atoms with Crippen LogP contribution in [0.2, 0.25) is 0 Å². The van der Waals surface area contributed by atoms with Gasteiger partial charge in [-0.3, -0.25) is 10.00 Å². The van der Waals surface area contributed by atoms with Crippen molar-refractivity contribution in [3.8, 4) is 6.01 Å². The fraction of sp³-hybridized carbons (Fsp3) is 0.500. The number of halogens is 4. The molecule has 2 heterocycles. The van der Waals surface area contributed by atoms with Crippen molar-refractivity contribution in [2.75, 3.05) is 12.0 Å². The van der Waals surface area contributed by atoms with Crippen LogP contribution >= 0.6 is 11.6 Å². The van der Waals surface area contributed by atoms with Crippen LogP contribution in [-0.2, 0) is 12.7 Å². The van der Waals surface area contributed by atoms with Gasteiger partial charge in [0, 0.05) is 5.54 Å². The van der Waals surface area contributed by atoms with Gasteiger partial charge in [0.25, 0.3) is 0 Å². The zero-order valence-corrected chi connectivity index (χ0v) is 15.4. The molecule has 150 valence electrons. The van der Waals surface area contributed by atoms with Crippen LogP contribution in [-0.4, -0.2) is 43.7 Å². The highest BCUT2D eigenvalue weighted by Crippen LogP contribution is 2.64. The molecule has 2 amide bonds. The number of nitrogens with zero attached hydrogens (tertiary/aromatic N) is 4. The van der Waals surface area contributed by atoms with E-state index in [1.165, 1.54) is 24.4 Å². The molecule has 2 bridgehead atoms. The highest BCUT2D eigenvalue weighted by molar-refractivity contribution is 6.26. The highest BCUT2D eigenvalue weighted by Gasteiger charge is 2.68. The number of ether oxygens (including phenoxy) is 1. The first-order chi connectivity index (χ1) is 13.1. The molecule has 12 heteroatoms. The van der Waals surface area contributed by atoms with E-state index in [4.69, 9.17) is 16.3 Å². The summed E-state index contributed by atoms with van der Waals surface area (Å²) < 4.78 is 43.3. The third kappa shape index (κ3) is 3.34. The van der Waals surface area contributed by atoms with Crippen molar-refractivity contribution in [3.63, 3.8) is 0 Å². The molecule has 0 spiro atoms. The number of alkyl halides is 4. The van der Waals surface area contributed by atoms with E-state index < -0.39 is 17.9 Å². The first-order valence-electron chi connectivity index (χ1n) is 8.38. The zero-order valence-electron chi connectivity index (χ0n) is 14.7. The maximum atomic E-state index is 12.9. The van der Waals surface area contributed by atoms with Crippen LogP contribution in [0.15, 0.2) is 18.5 Å². The van der Waals surface area contributed by atoms with E-state index in [2.05, 4.69) is 25.5 Å². The van der Waals surface area contributed by atoms with Crippen LogP contribution in [0.3, 0.4) is 0 Å². The number of carbonyl (C=O) groups is 1. The van der Waals surface area contributed by atoms with Crippen molar-refractivity contribution >= 4 is 23.3 Å². The van der Waals surface area contributed by atoms with Crippen molar-refractivity contribution < 1.29 is 22.7 Å². The van der Waals surface area contributed by atoms with E-state index in [-0.39, 0.29) is 28.7 Å². The van der Waals surface area contributed by atoms with Gasteiger partial charge in [0.15, 0.2) is 5.69 Å². The molecular formula is C16H16ClF3N6O2. The van der Waals surface area contributed by atoms with Gasteiger partial charge in [-0.05, 0) is 25.3 Å². The molecule has 2 aromatic rings. The Hall–Kier alpha value is -2.56. The number of methoxy groups -OCH3 is 1. The second-order valence-electron chi connectivity index (χ2n) is 7.18. The number of carbonyl (C=O) groups excluding carboxylic acids is 1. The smallest absolute Gasteiger partial charge is 0.435 e. The zero-order chi connectivity index (χ0) is 20.2. The number of nitrogens with one attached hydrogen (secondary N) is 2. The molecule has 3 aliphatic carbocycles. The third-order valence-electron chi connectivity index (χ3n) is 4.94. The van der Waals surface area contributed by atoms with Crippen LogP contribution in [0.25, 0.3) is 0 Å². The number of rotatable bonds is 5. The van der Waals surface area contributed by atoms with Gasteiger partial charge in [-0.25, -0.2) is 14.8 Å². The predicted molar refractivity (Wildman–Crippen MR) is 92.1 cm³/mol. The van der Waals surface area contributed by atoms with Gasteiger partial charge < -0.3 is 10.1 Å². The van der Waals surface area contributed by atoms with Crippen molar-refractivity contribution in [2.45, 2.75) is 42.4 Å². The Morgan fingerprint density at radius 1 is 1.36 bits per heavy atom. The number of anilines is 1. The van der Waals surface area contributed by atoms with E-state index in [9.17, 15) is 18.0 Å². The monoisotopic (exact) mass is 416 g/mol. The summed E-state index contributed by atoms with van der Waals surface area (Å²) in [6.07, 6.45) is 0.147. The van der Waals surface area contributed by atoms with Crippen LogP contribution in [0.5, 0.6) is 6.01 Å². The summed E-state index contributed by atoms with van der Waals surface area (Å²) in [4.78, 5) is 21.8. The standard InChI is InChI=1S/C16H16ClF3N6O2/c1-28-12-21-3-10(4-22-12)26(5-9-2-11(25-24-9)16(18,19)20)13(27)23-15-6-14(17,7-15)8-15/h2-4H,5-8H2,1H3,(H,23,27)(H,24,25). The average molecular weight is 417 g/mol. The number of aromatic nitrogens is 4. The molecule has 8 nitrogen and oxygen atoms in total. The molecule has 0 atom stereocenters. The molecule has 5 rings (SSSR count). The number of aromatic amines is 1. The van der Waals surface area contributed by atoms with Gasteiger partial charge in [0.2, 0.25) is 0 Å². The largest absolute Gasteiger partial charge is 0.467 e. The second-order valence-corrected chi connectivity index (χ2v) is 7.98. The number of hydrogen-bond acceptors (Lipinski definition) is 5. The summed E-state index contributed by atoms with van der Waals surface area (Å²) in [6, 6.07) is 0.489. The maximum absolute atomic E-state index is 12.9. The van der Waals surface area contributed by atoms with E-state index in [1.54, 1.807) is 0 Å². The Labute approximate surface area is 162 Å². The van der Waals surface area contributed by atoms with Crippen molar-refractivity contribution in [1.82, 2.24) is 25.5 Å². The minimum absolute atomic E-state index is 0.105. The van der Waals surface area contributed by atoms with E-state index in [0.29, 0.717) is 24.9 Å². The summed E-state index contributed by atoms with van der Waals surface area (Å²) in [5, 5.41) is 8.51. The topological polar surface area (TPSA) is 96.0 Å². The van der Waals surface area contributed by atoms with Crippen molar-refractivity contribution in [3.05, 3.63) is 29.8 Å². The number of hydrogen-bond donors (Lipinski definition) is 2. The molecule has 0 saturated heterocycles. The van der Waals surface area contributed by atoms with Crippen LogP contribution in [0.4, 0.5) is 23.7 Å². The van der Waals surface area contributed by atoms with Gasteiger partial charge >= 0.3 is 18.2 Å². The summed E-state index contributed by atoms with van der Waals surface area (Å²) in [5.41, 5.74) is -0.995. The molecular weight excluding hydrogens is 401 g/mol. The molecule has 2 N–H and O–H groups in total. The summed E-state index contributed by atoms with van der Waals surface area (Å²) in [5.74, 6) is 0. The average Bonchev–Trinajstić information content (AvgIpc) is 3.06. The van der Waals surface area contributed by atoms with Gasteiger partial charge in [-0.2, -0.15) is 18.3 Å². The Bertz CT molecular complexity index is 881. The molecule has 28 heavy (non-hydrogen) atoms. The Balaban J connectivity index is 1.55. The molecule has 3 saturated carbocycles. The highest BCUT2D eigenvalue weighted by atomic mass is 35.5. The lowest BCUT2D eigenvalue weighted by Crippen LogP contribution is -2.77. The van der Waals surface area contributed by atoms with Crippen LogP contribution < -0.4 is 15.0 Å². The van der Waals surface area contributed by atoms with Gasteiger partial charge in [-0.15, -0.1) is 11.6 Å². The fourth-order valence-electron chi connectivity index (χ4n) is 3.68. The molecule has 2 aromatic heterocycles. The van der Waals surface area contributed by atoms with E-state index >= 15 is 0 Å². The first kappa shape index (κ1) is 18.8. The van der Waals surface area contributed by atoms with Gasteiger partial charge in [-0.1, -0.05) is 0 Å². The molecule has 0 unspecified atom stereocenters. The molecule has 0 radical (unpaired) electrons. The molecule has 0 aliphatic heterocycles. The summed E-state index contributed by atoms with van der Waals surface area (Å²) in [6.45, 7) is -0.174. The van der Waals surface area contributed by atoms with Crippen LogP contribution in [0, 0.1) is 0 Å². The summed E-state index contributed by atoms with van der Waals surface area (Å²) >= 11 is 6.23. The Kier molecular flexibility index (Phi) is 4.18. The lowest BCUT2D eigenvalue weighted by molar-refractivity contribution is -0.141. The fourth-order valence-corrected chi connectivity index (χ4v) is 4.45. The SMILES string of the molecule is COc1ncc(N(Cc2cc(C(F)(F)F)n[nH]2)C(=O)NC23CC(Cl)(C2)C3)cn1. The summed E-state index contributed by atoms with van der Waals surface area (Å²) in [7, 11) is 1.40. The number of H-pyrrole nitrogens is 1. The maximum Gasteiger partial charge on any atom is 0.435 e. The quantitative estimate of drug-likeness (QED) is 0.731. The first-order valence-corrected chi connectivity index (χ1v) is 8.75. The predicted octanol–water partition coefficient (Wildman–Crippen LogP) is 2.86. The molecule has 3 fully saturated rings. The van der Waals surface area contributed by atoms with E-state index in [1.807, 2.05) is 0 Å². The molecule has 0 aromatic carbocycles. The second kappa shape index (κ2) is 6.23. The Morgan fingerprint density at radius 3 is 2.50 bits per heavy atom. The number of urea groups is 1.